The van der Waals surface area contributed by atoms with Crippen LogP contribution in [0.4, 0.5) is 17.3 Å². The topological polar surface area (TPSA) is 46.4 Å². The van der Waals surface area contributed by atoms with E-state index in [1.165, 1.54) is 21.9 Å². The quantitative estimate of drug-likeness (QED) is 0.232. The Kier molecular flexibility index (Phi) is 5.52. The molecule has 0 aliphatic carbocycles. The predicted molar refractivity (Wildman–Crippen MR) is 163 cm³/mol. The molecular formula is C34H31N5O. The van der Waals surface area contributed by atoms with Crippen molar-refractivity contribution >= 4 is 39.1 Å². The number of rotatable bonds is 4. The minimum Gasteiger partial charge on any atom is -0.457 e. The van der Waals surface area contributed by atoms with Gasteiger partial charge < -0.3 is 19.1 Å². The average Bonchev–Trinajstić information content (AvgIpc) is 3.47. The molecule has 6 heteroatoms. The summed E-state index contributed by atoms with van der Waals surface area (Å²) in [5.41, 5.74) is 5.58. The number of nitrogens with zero attached hydrogens (tertiary/aromatic N) is 5. The second kappa shape index (κ2) is 9.12. The molecule has 7 rings (SSSR count). The number of fused-ring (bicyclic) bond motifs is 4. The maximum absolute atomic E-state index is 6.63. The van der Waals surface area contributed by atoms with Crippen molar-refractivity contribution in [1.29, 1.82) is 0 Å². The van der Waals surface area contributed by atoms with Crippen molar-refractivity contribution in [2.24, 2.45) is 0 Å². The van der Waals surface area contributed by atoms with Crippen LogP contribution in [-0.2, 0) is 5.41 Å². The van der Waals surface area contributed by atoms with Gasteiger partial charge in [-0.1, -0.05) is 57.2 Å². The largest absolute Gasteiger partial charge is 0.457 e. The first-order chi connectivity index (χ1) is 19.4. The van der Waals surface area contributed by atoms with Gasteiger partial charge >= 0.3 is 0 Å². The van der Waals surface area contributed by atoms with Crippen LogP contribution in [0.5, 0.6) is 11.5 Å². The van der Waals surface area contributed by atoms with Gasteiger partial charge in [0.15, 0.2) is 11.6 Å². The van der Waals surface area contributed by atoms with Crippen LogP contribution in [0.1, 0.15) is 26.3 Å². The summed E-state index contributed by atoms with van der Waals surface area (Å²) in [6.07, 6.45) is 3.49. The first-order valence-electron chi connectivity index (χ1n) is 13.6. The Morgan fingerprint density at radius 2 is 1.40 bits per heavy atom. The predicted octanol–water partition coefficient (Wildman–Crippen LogP) is 8.21. The van der Waals surface area contributed by atoms with E-state index in [0.29, 0.717) is 6.67 Å². The zero-order valence-corrected chi connectivity index (χ0v) is 23.2. The lowest BCUT2D eigenvalue weighted by Gasteiger charge is -2.25. The molecule has 0 spiro atoms. The Balaban J connectivity index is 1.34. The Hall–Kier alpha value is -4.84. The Morgan fingerprint density at radius 1 is 0.675 bits per heavy atom. The number of aromatic nitrogens is 3. The van der Waals surface area contributed by atoms with E-state index in [1.54, 1.807) is 12.4 Å². The van der Waals surface area contributed by atoms with Crippen molar-refractivity contribution in [3.8, 4) is 17.2 Å². The van der Waals surface area contributed by atoms with Gasteiger partial charge in [-0.2, -0.15) is 0 Å². The summed E-state index contributed by atoms with van der Waals surface area (Å²) < 4.78 is 8.94. The van der Waals surface area contributed by atoms with E-state index in [1.807, 2.05) is 13.1 Å². The van der Waals surface area contributed by atoms with Crippen LogP contribution in [0.3, 0.4) is 0 Å². The molecule has 1 aliphatic rings. The summed E-state index contributed by atoms with van der Waals surface area (Å²) in [7, 11) is 2.04. The fourth-order valence-electron chi connectivity index (χ4n) is 5.57. The maximum Gasteiger partial charge on any atom is 0.178 e. The molecule has 0 amide bonds. The number of hydrogen-bond donors (Lipinski definition) is 0. The van der Waals surface area contributed by atoms with E-state index in [2.05, 4.69) is 130 Å². The monoisotopic (exact) mass is 525 g/mol. The first-order valence-corrected chi connectivity index (χ1v) is 13.6. The molecule has 0 radical (unpaired) electrons. The zero-order chi connectivity index (χ0) is 27.4. The standard InChI is InChI=1S/C34H31N5O/c1-34(2,3)23-18-25(38-22-37(4)32-33(38)36-17-16-35-32)20-27(19-23)40-26-14-15-29-28-12-8-9-13-30(28)39(31(29)21-26)24-10-6-5-7-11-24/h5-21H,22H2,1-4H3. The number of anilines is 3. The third kappa shape index (κ3) is 4.04. The minimum atomic E-state index is -0.0609. The van der Waals surface area contributed by atoms with E-state index in [-0.39, 0.29) is 5.41 Å². The molecule has 40 heavy (non-hydrogen) atoms. The lowest BCUT2D eigenvalue weighted by molar-refractivity contribution is 0.479. The highest BCUT2D eigenvalue weighted by Gasteiger charge is 2.28. The summed E-state index contributed by atoms with van der Waals surface area (Å²) in [6.45, 7) is 7.36. The van der Waals surface area contributed by atoms with Gasteiger partial charge in [0.25, 0.3) is 0 Å². The smallest absolute Gasteiger partial charge is 0.178 e. The number of para-hydroxylation sites is 2. The second-order valence-corrected chi connectivity index (χ2v) is 11.4. The van der Waals surface area contributed by atoms with E-state index in [0.717, 1.165) is 40.0 Å². The number of benzene rings is 4. The van der Waals surface area contributed by atoms with Gasteiger partial charge in [0, 0.05) is 53.7 Å². The summed E-state index contributed by atoms with van der Waals surface area (Å²) in [4.78, 5) is 13.5. The maximum atomic E-state index is 6.63. The molecule has 0 fully saturated rings. The molecule has 198 valence electrons. The molecule has 2 aromatic heterocycles. The van der Waals surface area contributed by atoms with Crippen molar-refractivity contribution in [1.82, 2.24) is 14.5 Å². The van der Waals surface area contributed by atoms with Crippen molar-refractivity contribution in [2.75, 3.05) is 23.5 Å². The molecule has 0 saturated heterocycles. The second-order valence-electron chi connectivity index (χ2n) is 11.4. The zero-order valence-electron chi connectivity index (χ0n) is 23.2. The van der Waals surface area contributed by atoms with Crippen LogP contribution < -0.4 is 14.5 Å². The molecule has 0 unspecified atom stereocenters. The fourth-order valence-corrected chi connectivity index (χ4v) is 5.57. The van der Waals surface area contributed by atoms with Crippen molar-refractivity contribution in [3.63, 3.8) is 0 Å². The Bertz CT molecular complexity index is 1870. The van der Waals surface area contributed by atoms with Crippen LogP contribution in [0.2, 0.25) is 0 Å². The highest BCUT2D eigenvalue weighted by molar-refractivity contribution is 6.09. The average molecular weight is 526 g/mol. The molecule has 6 aromatic rings. The summed E-state index contributed by atoms with van der Waals surface area (Å²) in [5, 5.41) is 2.43. The Labute approximate surface area is 234 Å². The van der Waals surface area contributed by atoms with E-state index < -0.39 is 0 Å². The molecule has 0 N–H and O–H groups in total. The Morgan fingerprint density at radius 3 is 2.20 bits per heavy atom. The van der Waals surface area contributed by atoms with E-state index >= 15 is 0 Å². The number of ether oxygens (including phenoxy) is 1. The fraction of sp³-hybridized carbons (Fsp3) is 0.176. The van der Waals surface area contributed by atoms with Gasteiger partial charge in [0.1, 0.15) is 11.5 Å². The SMILES string of the molecule is CN1CN(c2cc(Oc3ccc4c5ccccc5n(-c5ccccc5)c4c3)cc(C(C)(C)C)c2)c2nccnc21. The first kappa shape index (κ1) is 24.2. The third-order valence-corrected chi connectivity index (χ3v) is 7.60. The molecular weight excluding hydrogens is 494 g/mol. The van der Waals surface area contributed by atoms with Crippen molar-refractivity contribution < 1.29 is 4.74 Å². The molecule has 1 aliphatic heterocycles. The van der Waals surface area contributed by atoms with E-state index in [9.17, 15) is 0 Å². The van der Waals surface area contributed by atoms with Gasteiger partial charge in [-0.15, -0.1) is 0 Å². The number of hydrogen-bond acceptors (Lipinski definition) is 5. The van der Waals surface area contributed by atoms with Crippen molar-refractivity contribution in [2.45, 2.75) is 26.2 Å². The highest BCUT2D eigenvalue weighted by atomic mass is 16.5. The van der Waals surface area contributed by atoms with E-state index in [4.69, 9.17) is 4.74 Å². The van der Waals surface area contributed by atoms with Gasteiger partial charge in [0.2, 0.25) is 0 Å². The lowest BCUT2D eigenvalue weighted by atomic mass is 9.86. The van der Waals surface area contributed by atoms with Crippen LogP contribution in [0.15, 0.2) is 103 Å². The third-order valence-electron chi connectivity index (χ3n) is 7.60. The minimum absolute atomic E-state index is 0.0609. The lowest BCUT2D eigenvalue weighted by Crippen LogP contribution is -2.25. The van der Waals surface area contributed by atoms with Crippen LogP contribution in [0.25, 0.3) is 27.5 Å². The van der Waals surface area contributed by atoms with Gasteiger partial charge in [-0.05, 0) is 53.4 Å². The highest BCUT2D eigenvalue weighted by Crippen LogP contribution is 2.41. The molecule has 0 bridgehead atoms. The van der Waals surface area contributed by atoms with Crippen molar-refractivity contribution in [3.05, 3.63) is 109 Å². The normalized spacial score (nSPS) is 13.3. The van der Waals surface area contributed by atoms with Crippen LogP contribution in [-0.4, -0.2) is 28.3 Å². The van der Waals surface area contributed by atoms with Crippen LogP contribution >= 0.6 is 0 Å². The molecule has 0 atom stereocenters. The summed E-state index contributed by atoms with van der Waals surface area (Å²) in [5.74, 6) is 3.33. The summed E-state index contributed by atoms with van der Waals surface area (Å²) in [6, 6.07) is 31.9. The van der Waals surface area contributed by atoms with Crippen LogP contribution in [0, 0.1) is 0 Å². The summed E-state index contributed by atoms with van der Waals surface area (Å²) >= 11 is 0. The molecule has 3 heterocycles. The molecule has 4 aromatic carbocycles. The van der Waals surface area contributed by atoms with Gasteiger partial charge in [-0.25, -0.2) is 9.97 Å². The van der Waals surface area contributed by atoms with Gasteiger partial charge in [0.05, 0.1) is 17.7 Å². The van der Waals surface area contributed by atoms with Gasteiger partial charge in [-0.3, -0.25) is 0 Å². The molecule has 0 saturated carbocycles. The molecule has 6 nitrogen and oxygen atoms in total.